The first-order valence-electron chi connectivity index (χ1n) is 3.70. The number of nitrogens with one attached hydrogen (secondary N) is 1. The number of hydrogen-bond donors (Lipinski definition) is 1. The second-order valence-corrected chi connectivity index (χ2v) is 2.43. The Morgan fingerprint density at radius 3 is 3.00 bits per heavy atom. The Hall–Kier alpha value is -1.06. The molecule has 0 aromatic rings. The second-order valence-electron chi connectivity index (χ2n) is 2.43. The van der Waals surface area contributed by atoms with Gasteiger partial charge in [-0.1, -0.05) is 6.92 Å². The van der Waals surface area contributed by atoms with E-state index in [1.165, 1.54) is 0 Å². The van der Waals surface area contributed by atoms with E-state index in [1.54, 1.807) is 6.92 Å². The van der Waals surface area contributed by atoms with Crippen LogP contribution in [0, 0.1) is 0 Å². The molecule has 0 radical (unpaired) electrons. The van der Waals surface area contributed by atoms with Crippen molar-refractivity contribution < 1.29 is 14.3 Å². The minimum absolute atomic E-state index is 0.103. The van der Waals surface area contributed by atoms with Crippen molar-refractivity contribution in [3.8, 4) is 0 Å². The molecular weight excluding hydrogens is 146 g/mol. The first kappa shape index (κ1) is 8.04. The van der Waals surface area contributed by atoms with Crippen molar-refractivity contribution in [3.05, 3.63) is 0 Å². The third kappa shape index (κ3) is 1.93. The lowest BCUT2D eigenvalue weighted by molar-refractivity contribution is -0.141. The normalized spacial score (nSPS) is 23.0. The first-order chi connectivity index (χ1) is 5.24. The Bertz CT molecular complexity index is 179. The van der Waals surface area contributed by atoms with Gasteiger partial charge in [0, 0.05) is 12.8 Å². The summed E-state index contributed by atoms with van der Waals surface area (Å²) in [5, 5.41) is 2.56. The van der Waals surface area contributed by atoms with Gasteiger partial charge in [-0.25, -0.2) is 4.79 Å². The molecular formula is C7H11NO3. The summed E-state index contributed by atoms with van der Waals surface area (Å²) in [4.78, 5) is 21.6. The fourth-order valence-corrected chi connectivity index (χ4v) is 0.923. The maximum absolute atomic E-state index is 10.8. The molecule has 4 nitrogen and oxygen atoms in total. The molecule has 0 spiro atoms. The van der Waals surface area contributed by atoms with Crippen molar-refractivity contribution in [2.24, 2.45) is 0 Å². The number of carbonyl (C=O) groups is 2. The summed E-state index contributed by atoms with van der Waals surface area (Å²) in [5.74, 6) is -0.416. The Balaban J connectivity index is 2.36. The molecule has 1 N–H and O–H groups in total. The number of esters is 1. The molecule has 1 fully saturated rings. The summed E-state index contributed by atoms with van der Waals surface area (Å²) in [6.07, 6.45) is 1.01. The van der Waals surface area contributed by atoms with E-state index >= 15 is 0 Å². The van der Waals surface area contributed by atoms with Crippen LogP contribution in [0.4, 0.5) is 0 Å². The summed E-state index contributed by atoms with van der Waals surface area (Å²) in [5.41, 5.74) is 0. The van der Waals surface area contributed by atoms with E-state index in [2.05, 4.69) is 10.1 Å². The highest BCUT2D eigenvalue weighted by atomic mass is 16.5. The molecule has 1 amide bonds. The molecule has 1 atom stereocenters. The van der Waals surface area contributed by atoms with Gasteiger partial charge < -0.3 is 10.1 Å². The smallest absolute Gasteiger partial charge is 0.328 e. The van der Waals surface area contributed by atoms with Crippen LogP contribution in [0.2, 0.25) is 0 Å². The van der Waals surface area contributed by atoms with Gasteiger partial charge in [0.2, 0.25) is 5.91 Å². The van der Waals surface area contributed by atoms with Crippen LogP contribution in [-0.2, 0) is 14.3 Å². The van der Waals surface area contributed by atoms with Crippen LogP contribution < -0.4 is 5.32 Å². The Morgan fingerprint density at radius 1 is 1.82 bits per heavy atom. The van der Waals surface area contributed by atoms with Gasteiger partial charge in [0.05, 0.1) is 6.61 Å². The van der Waals surface area contributed by atoms with Gasteiger partial charge >= 0.3 is 5.97 Å². The van der Waals surface area contributed by atoms with Crippen LogP contribution in [0.5, 0.6) is 0 Å². The Morgan fingerprint density at radius 2 is 2.55 bits per heavy atom. The van der Waals surface area contributed by atoms with Crippen molar-refractivity contribution >= 4 is 11.9 Å². The van der Waals surface area contributed by atoms with Crippen molar-refractivity contribution in [2.75, 3.05) is 6.61 Å². The number of ether oxygens (including phenoxy) is 1. The zero-order valence-corrected chi connectivity index (χ0v) is 6.42. The van der Waals surface area contributed by atoms with Crippen molar-refractivity contribution in [1.29, 1.82) is 0 Å². The molecule has 0 saturated carbocycles. The van der Waals surface area contributed by atoms with E-state index in [4.69, 9.17) is 0 Å². The molecule has 1 saturated heterocycles. The fourth-order valence-electron chi connectivity index (χ4n) is 0.923. The Labute approximate surface area is 64.9 Å². The number of rotatable bonds is 2. The lowest BCUT2D eigenvalue weighted by Gasteiger charge is -2.05. The highest BCUT2D eigenvalue weighted by Gasteiger charge is 2.27. The predicted molar refractivity (Wildman–Crippen MR) is 37.8 cm³/mol. The molecule has 4 heteroatoms. The van der Waals surface area contributed by atoms with Gasteiger partial charge in [-0.2, -0.15) is 0 Å². The second kappa shape index (κ2) is 3.37. The molecule has 1 aliphatic heterocycles. The van der Waals surface area contributed by atoms with Crippen molar-refractivity contribution in [2.45, 2.75) is 25.8 Å². The van der Waals surface area contributed by atoms with Crippen LogP contribution in [0.1, 0.15) is 19.8 Å². The number of hydrogen-bond acceptors (Lipinski definition) is 3. The van der Waals surface area contributed by atoms with Gasteiger partial charge in [-0.3, -0.25) is 4.79 Å². The van der Waals surface area contributed by atoms with Crippen molar-refractivity contribution in [3.63, 3.8) is 0 Å². The summed E-state index contributed by atoms with van der Waals surface area (Å²) < 4.78 is 4.66. The van der Waals surface area contributed by atoms with Gasteiger partial charge in [0.1, 0.15) is 6.04 Å². The minimum atomic E-state index is -0.401. The average Bonchev–Trinajstić information content (AvgIpc) is 2.37. The molecule has 0 unspecified atom stereocenters. The van der Waals surface area contributed by atoms with E-state index < -0.39 is 6.04 Å². The standard InChI is InChI=1S/C7H11NO3/c1-2-6(9)8-5-3-4-11-7(5)10/h5H,2-4H2,1H3,(H,8,9)/t5-/m0/s1. The number of amides is 1. The maximum Gasteiger partial charge on any atom is 0.328 e. The minimum Gasteiger partial charge on any atom is -0.464 e. The van der Waals surface area contributed by atoms with E-state index in [1.807, 2.05) is 0 Å². The molecule has 1 rings (SSSR count). The van der Waals surface area contributed by atoms with E-state index in [-0.39, 0.29) is 11.9 Å². The SMILES string of the molecule is CCC(=O)N[C@H]1CCOC1=O. The average molecular weight is 157 g/mol. The maximum atomic E-state index is 10.8. The fraction of sp³-hybridized carbons (Fsp3) is 0.714. The third-order valence-electron chi connectivity index (χ3n) is 1.59. The van der Waals surface area contributed by atoms with Crippen molar-refractivity contribution in [1.82, 2.24) is 5.32 Å². The largest absolute Gasteiger partial charge is 0.464 e. The first-order valence-corrected chi connectivity index (χ1v) is 3.70. The molecule has 11 heavy (non-hydrogen) atoms. The predicted octanol–water partition coefficient (Wildman–Crippen LogP) is -0.172. The van der Waals surface area contributed by atoms with E-state index in [0.717, 1.165) is 0 Å². The van der Waals surface area contributed by atoms with E-state index in [0.29, 0.717) is 19.4 Å². The Kier molecular flexibility index (Phi) is 2.46. The van der Waals surface area contributed by atoms with Crippen LogP contribution in [0.25, 0.3) is 0 Å². The van der Waals surface area contributed by atoms with Crippen LogP contribution in [0.3, 0.4) is 0 Å². The van der Waals surface area contributed by atoms with Crippen LogP contribution in [-0.4, -0.2) is 24.5 Å². The number of carbonyl (C=O) groups excluding carboxylic acids is 2. The molecule has 0 aromatic carbocycles. The lowest BCUT2D eigenvalue weighted by atomic mass is 10.2. The summed E-state index contributed by atoms with van der Waals surface area (Å²) in [6.45, 7) is 2.17. The lowest BCUT2D eigenvalue weighted by Crippen LogP contribution is -2.37. The molecule has 1 heterocycles. The van der Waals surface area contributed by atoms with Gasteiger partial charge in [0.15, 0.2) is 0 Å². The van der Waals surface area contributed by atoms with Gasteiger partial charge in [0.25, 0.3) is 0 Å². The quantitative estimate of drug-likeness (QED) is 0.566. The summed E-state index contributed by atoms with van der Waals surface area (Å²) in [6, 6.07) is -0.401. The summed E-state index contributed by atoms with van der Waals surface area (Å²) >= 11 is 0. The number of cyclic esters (lactones) is 1. The highest BCUT2D eigenvalue weighted by molar-refractivity contribution is 5.85. The molecule has 1 aliphatic rings. The van der Waals surface area contributed by atoms with E-state index in [9.17, 15) is 9.59 Å². The van der Waals surface area contributed by atoms with Crippen LogP contribution in [0.15, 0.2) is 0 Å². The molecule has 0 aliphatic carbocycles. The monoisotopic (exact) mass is 157 g/mol. The van der Waals surface area contributed by atoms with Gasteiger partial charge in [-0.15, -0.1) is 0 Å². The third-order valence-corrected chi connectivity index (χ3v) is 1.59. The molecule has 62 valence electrons. The zero-order valence-electron chi connectivity index (χ0n) is 6.42. The summed E-state index contributed by atoms with van der Waals surface area (Å²) in [7, 11) is 0. The zero-order chi connectivity index (χ0) is 8.27. The molecule has 0 aromatic heterocycles. The van der Waals surface area contributed by atoms with Crippen LogP contribution >= 0.6 is 0 Å². The topological polar surface area (TPSA) is 55.4 Å². The highest BCUT2D eigenvalue weighted by Crippen LogP contribution is 2.05. The van der Waals surface area contributed by atoms with Gasteiger partial charge in [-0.05, 0) is 0 Å². The molecule has 0 bridgehead atoms.